The van der Waals surface area contributed by atoms with Gasteiger partial charge in [-0.3, -0.25) is 19.3 Å². The van der Waals surface area contributed by atoms with Gasteiger partial charge in [0.2, 0.25) is 17.7 Å². The van der Waals surface area contributed by atoms with Crippen molar-refractivity contribution in [2.24, 2.45) is 0 Å². The third-order valence-electron chi connectivity index (χ3n) is 5.24. The highest BCUT2D eigenvalue weighted by molar-refractivity contribution is 5.84. The summed E-state index contributed by atoms with van der Waals surface area (Å²) in [5, 5.41) is 6.11. The Balaban J connectivity index is 1.42. The van der Waals surface area contributed by atoms with E-state index in [0.717, 1.165) is 45.1 Å². The van der Waals surface area contributed by atoms with E-state index in [2.05, 4.69) is 10.6 Å². The molecule has 0 spiro atoms. The van der Waals surface area contributed by atoms with Crippen LogP contribution in [0, 0.1) is 0 Å². The van der Waals surface area contributed by atoms with Crippen LogP contribution in [0.3, 0.4) is 0 Å². The zero-order chi connectivity index (χ0) is 17.1. The number of hydrogen-bond donors (Lipinski definition) is 2. The van der Waals surface area contributed by atoms with E-state index in [9.17, 15) is 14.4 Å². The number of piperidine rings is 1. The lowest BCUT2D eigenvalue weighted by Gasteiger charge is -2.32. The molecule has 134 valence electrons. The lowest BCUT2D eigenvalue weighted by atomic mass is 10.0. The summed E-state index contributed by atoms with van der Waals surface area (Å²) < 4.78 is 0. The van der Waals surface area contributed by atoms with Crippen molar-refractivity contribution < 1.29 is 14.4 Å². The van der Waals surface area contributed by atoms with E-state index in [4.69, 9.17) is 0 Å². The quantitative estimate of drug-likeness (QED) is 0.732. The fourth-order valence-corrected chi connectivity index (χ4v) is 3.63. The number of rotatable bonds is 5. The molecule has 2 aliphatic heterocycles. The van der Waals surface area contributed by atoms with E-state index in [1.165, 1.54) is 0 Å². The van der Waals surface area contributed by atoms with Crippen LogP contribution in [0.5, 0.6) is 0 Å². The minimum atomic E-state index is -0.157. The topological polar surface area (TPSA) is 81.8 Å². The highest BCUT2D eigenvalue weighted by atomic mass is 16.2. The van der Waals surface area contributed by atoms with Crippen molar-refractivity contribution in [2.75, 3.05) is 26.2 Å². The molecule has 7 heteroatoms. The molecule has 1 atom stereocenters. The average Bonchev–Trinajstić information content (AvgIpc) is 3.23. The minimum absolute atomic E-state index is 0.0117. The fraction of sp³-hybridized carbons (Fsp3) is 0.824. The van der Waals surface area contributed by atoms with Crippen molar-refractivity contribution in [1.29, 1.82) is 0 Å². The summed E-state index contributed by atoms with van der Waals surface area (Å²) in [6.07, 6.45) is 5.57. The van der Waals surface area contributed by atoms with Gasteiger partial charge in [0.25, 0.3) is 0 Å². The standard InChI is InChI=1S/C17H28N4O3/c1-12(22)20-9-6-14(7-10-20)18-16(23)11-21-8-2-3-15(21)17(24)19-13-4-5-13/h13-15H,2-11H2,1H3,(H,18,23)(H,19,24). The van der Waals surface area contributed by atoms with Crippen molar-refractivity contribution in [1.82, 2.24) is 20.4 Å². The number of carbonyl (C=O) groups is 3. The maximum absolute atomic E-state index is 12.3. The van der Waals surface area contributed by atoms with Crippen molar-refractivity contribution in [3.05, 3.63) is 0 Å². The largest absolute Gasteiger partial charge is 0.352 e. The van der Waals surface area contributed by atoms with Gasteiger partial charge < -0.3 is 15.5 Å². The van der Waals surface area contributed by atoms with Crippen molar-refractivity contribution >= 4 is 17.7 Å². The van der Waals surface area contributed by atoms with Gasteiger partial charge in [-0.05, 0) is 45.1 Å². The normalized spacial score (nSPS) is 25.5. The second-order valence-electron chi connectivity index (χ2n) is 7.26. The predicted octanol–water partition coefficient (Wildman–Crippen LogP) is -0.143. The van der Waals surface area contributed by atoms with Crippen molar-refractivity contribution in [3.8, 4) is 0 Å². The minimum Gasteiger partial charge on any atom is -0.352 e. The van der Waals surface area contributed by atoms with Gasteiger partial charge in [0.1, 0.15) is 0 Å². The zero-order valence-electron chi connectivity index (χ0n) is 14.4. The van der Waals surface area contributed by atoms with E-state index < -0.39 is 0 Å². The molecule has 2 N–H and O–H groups in total. The number of nitrogens with one attached hydrogen (secondary N) is 2. The molecule has 0 aromatic rings. The summed E-state index contributed by atoms with van der Waals surface area (Å²) in [5.74, 6) is 0.168. The average molecular weight is 336 g/mol. The van der Waals surface area contributed by atoms with Gasteiger partial charge in [-0.15, -0.1) is 0 Å². The van der Waals surface area contributed by atoms with Crippen LogP contribution in [0.4, 0.5) is 0 Å². The summed E-state index contributed by atoms with van der Waals surface area (Å²) in [7, 11) is 0. The Morgan fingerprint density at radius 3 is 2.21 bits per heavy atom. The molecule has 3 rings (SSSR count). The lowest BCUT2D eigenvalue weighted by molar-refractivity contribution is -0.130. The Kier molecular flexibility index (Phi) is 5.38. The Morgan fingerprint density at radius 2 is 1.58 bits per heavy atom. The molecule has 7 nitrogen and oxygen atoms in total. The highest BCUT2D eigenvalue weighted by Gasteiger charge is 2.35. The van der Waals surface area contributed by atoms with E-state index in [1.54, 1.807) is 6.92 Å². The second kappa shape index (κ2) is 7.51. The molecule has 1 saturated carbocycles. The molecular formula is C17H28N4O3. The molecule has 0 aromatic carbocycles. The van der Waals surface area contributed by atoms with Crippen LogP contribution in [-0.2, 0) is 14.4 Å². The van der Waals surface area contributed by atoms with Crippen molar-refractivity contribution in [3.63, 3.8) is 0 Å². The first-order valence-corrected chi connectivity index (χ1v) is 9.12. The van der Waals surface area contributed by atoms with Gasteiger partial charge in [-0.1, -0.05) is 0 Å². The summed E-state index contributed by atoms with van der Waals surface area (Å²) >= 11 is 0. The summed E-state index contributed by atoms with van der Waals surface area (Å²) in [6, 6.07) is 0.339. The molecule has 0 radical (unpaired) electrons. The molecule has 1 unspecified atom stereocenters. The van der Waals surface area contributed by atoms with Crippen LogP contribution < -0.4 is 10.6 Å². The van der Waals surface area contributed by atoms with Crippen LogP contribution in [0.15, 0.2) is 0 Å². The number of nitrogens with zero attached hydrogens (tertiary/aromatic N) is 2. The molecule has 0 aromatic heterocycles. The van der Waals surface area contributed by atoms with Gasteiger partial charge in [0, 0.05) is 32.1 Å². The third-order valence-corrected chi connectivity index (χ3v) is 5.24. The van der Waals surface area contributed by atoms with E-state index in [1.807, 2.05) is 9.80 Å². The molecule has 3 amide bonds. The number of likely N-dealkylation sites (tertiary alicyclic amines) is 2. The molecule has 24 heavy (non-hydrogen) atoms. The Bertz CT molecular complexity index is 498. The first kappa shape index (κ1) is 17.2. The fourth-order valence-electron chi connectivity index (χ4n) is 3.63. The molecule has 3 fully saturated rings. The summed E-state index contributed by atoms with van der Waals surface area (Å²) in [4.78, 5) is 39.7. The third kappa shape index (κ3) is 4.47. The van der Waals surface area contributed by atoms with E-state index in [0.29, 0.717) is 19.1 Å². The molecular weight excluding hydrogens is 308 g/mol. The zero-order valence-corrected chi connectivity index (χ0v) is 14.4. The first-order chi connectivity index (χ1) is 11.5. The maximum atomic E-state index is 12.3. The van der Waals surface area contributed by atoms with Gasteiger partial charge in [-0.25, -0.2) is 0 Å². The molecule has 0 bridgehead atoms. The van der Waals surface area contributed by atoms with Crippen LogP contribution in [0.25, 0.3) is 0 Å². The second-order valence-corrected chi connectivity index (χ2v) is 7.26. The Morgan fingerprint density at radius 1 is 0.917 bits per heavy atom. The Hall–Kier alpha value is -1.63. The predicted molar refractivity (Wildman–Crippen MR) is 89.2 cm³/mol. The monoisotopic (exact) mass is 336 g/mol. The smallest absolute Gasteiger partial charge is 0.237 e. The van der Waals surface area contributed by atoms with Crippen LogP contribution >= 0.6 is 0 Å². The van der Waals surface area contributed by atoms with Gasteiger partial charge in [0.15, 0.2) is 0 Å². The van der Waals surface area contributed by atoms with Gasteiger partial charge >= 0.3 is 0 Å². The van der Waals surface area contributed by atoms with Crippen LogP contribution in [0.1, 0.15) is 45.4 Å². The van der Waals surface area contributed by atoms with E-state index in [-0.39, 0.29) is 36.3 Å². The number of hydrogen-bond acceptors (Lipinski definition) is 4. The molecule has 1 aliphatic carbocycles. The van der Waals surface area contributed by atoms with E-state index >= 15 is 0 Å². The highest BCUT2D eigenvalue weighted by Crippen LogP contribution is 2.22. The number of carbonyl (C=O) groups excluding carboxylic acids is 3. The Labute approximate surface area is 143 Å². The maximum Gasteiger partial charge on any atom is 0.237 e. The lowest BCUT2D eigenvalue weighted by Crippen LogP contribution is -2.51. The molecule has 2 saturated heterocycles. The molecule has 2 heterocycles. The summed E-state index contributed by atoms with van der Waals surface area (Å²) in [5.41, 5.74) is 0. The SMILES string of the molecule is CC(=O)N1CCC(NC(=O)CN2CCCC2C(=O)NC2CC2)CC1. The van der Waals surface area contributed by atoms with Crippen LogP contribution in [-0.4, -0.2) is 71.8 Å². The summed E-state index contributed by atoms with van der Waals surface area (Å²) in [6.45, 7) is 4.08. The van der Waals surface area contributed by atoms with Gasteiger partial charge in [-0.2, -0.15) is 0 Å². The molecule has 3 aliphatic rings. The van der Waals surface area contributed by atoms with Gasteiger partial charge in [0.05, 0.1) is 12.6 Å². The first-order valence-electron chi connectivity index (χ1n) is 9.12. The van der Waals surface area contributed by atoms with Crippen molar-refractivity contribution in [2.45, 2.75) is 63.6 Å². The number of amides is 3. The van der Waals surface area contributed by atoms with Crippen LogP contribution in [0.2, 0.25) is 0 Å².